The zero-order chi connectivity index (χ0) is 10.8. The molecule has 1 aromatic carbocycles. The van der Waals surface area contributed by atoms with Gasteiger partial charge >= 0.3 is 0 Å². The number of rotatable bonds is 1. The van der Waals surface area contributed by atoms with Gasteiger partial charge in [0.05, 0.1) is 4.47 Å². The lowest BCUT2D eigenvalue weighted by molar-refractivity contribution is 0.384. The Balaban J connectivity index is 2.36. The Kier molecular flexibility index (Phi) is 3.36. The topological polar surface area (TPSA) is 12.0 Å². The summed E-state index contributed by atoms with van der Waals surface area (Å²) < 4.78 is 27.6. The van der Waals surface area contributed by atoms with Gasteiger partial charge in [-0.15, -0.1) is 0 Å². The molecule has 1 aromatic rings. The van der Waals surface area contributed by atoms with E-state index in [4.69, 9.17) is 0 Å². The molecule has 1 heterocycles. The molecule has 1 unspecified atom stereocenters. The molecule has 15 heavy (non-hydrogen) atoms. The molecule has 1 aliphatic heterocycles. The lowest BCUT2D eigenvalue weighted by Crippen LogP contribution is -2.28. The molecule has 1 nitrogen and oxygen atoms in total. The first-order chi connectivity index (χ1) is 7.20. The van der Waals surface area contributed by atoms with E-state index in [0.717, 1.165) is 25.8 Å². The van der Waals surface area contributed by atoms with Crippen molar-refractivity contribution in [1.82, 2.24) is 5.32 Å². The lowest BCUT2D eigenvalue weighted by atomic mass is 9.97. The average Bonchev–Trinajstić information content (AvgIpc) is 2.26. The smallest absolute Gasteiger partial charge is 0.145 e. The van der Waals surface area contributed by atoms with Crippen LogP contribution < -0.4 is 5.32 Å². The SMILES string of the molecule is Fc1ccc(Br)c(F)c1C1CCCCN1. The molecule has 0 saturated carbocycles. The van der Waals surface area contributed by atoms with E-state index in [2.05, 4.69) is 21.2 Å². The summed E-state index contributed by atoms with van der Waals surface area (Å²) in [5.41, 5.74) is 0.170. The van der Waals surface area contributed by atoms with Crippen LogP contribution in [-0.4, -0.2) is 6.54 Å². The fourth-order valence-electron chi connectivity index (χ4n) is 1.96. The summed E-state index contributed by atoms with van der Waals surface area (Å²) in [6, 6.07) is 2.52. The first-order valence-corrected chi connectivity index (χ1v) is 5.86. The summed E-state index contributed by atoms with van der Waals surface area (Å²) in [5.74, 6) is -0.940. The maximum atomic E-state index is 13.7. The Bertz CT molecular complexity index is 362. The second-order valence-corrected chi connectivity index (χ2v) is 4.61. The van der Waals surface area contributed by atoms with Gasteiger partial charge in [0.1, 0.15) is 11.6 Å². The molecule has 4 heteroatoms. The third kappa shape index (κ3) is 2.21. The predicted octanol–water partition coefficient (Wildman–Crippen LogP) is 3.54. The lowest BCUT2D eigenvalue weighted by Gasteiger charge is -2.24. The first kappa shape index (κ1) is 11.0. The van der Waals surface area contributed by atoms with Crippen LogP contribution in [0.25, 0.3) is 0 Å². The summed E-state index contributed by atoms with van der Waals surface area (Å²) in [6.45, 7) is 0.829. The molecular weight excluding hydrogens is 264 g/mol. The van der Waals surface area contributed by atoms with E-state index in [1.165, 1.54) is 12.1 Å². The number of hydrogen-bond donors (Lipinski definition) is 1. The number of halogens is 3. The van der Waals surface area contributed by atoms with Gasteiger partial charge in [0.2, 0.25) is 0 Å². The molecule has 0 aliphatic carbocycles. The molecule has 1 aliphatic rings. The maximum Gasteiger partial charge on any atom is 0.145 e. The van der Waals surface area contributed by atoms with Gasteiger partial charge in [0, 0.05) is 11.6 Å². The van der Waals surface area contributed by atoms with Crippen LogP contribution in [0.3, 0.4) is 0 Å². The monoisotopic (exact) mass is 275 g/mol. The minimum atomic E-state index is -0.477. The van der Waals surface area contributed by atoms with E-state index in [0.29, 0.717) is 4.47 Å². The summed E-state index contributed by atoms with van der Waals surface area (Å²) in [4.78, 5) is 0. The van der Waals surface area contributed by atoms with Gasteiger partial charge in [-0.1, -0.05) is 6.42 Å². The summed E-state index contributed by atoms with van der Waals surface area (Å²) >= 11 is 3.08. The summed E-state index contributed by atoms with van der Waals surface area (Å²) in [6.07, 6.45) is 2.89. The number of piperidine rings is 1. The van der Waals surface area contributed by atoms with Crippen molar-refractivity contribution in [2.45, 2.75) is 25.3 Å². The Morgan fingerprint density at radius 1 is 1.27 bits per heavy atom. The Hall–Kier alpha value is -0.480. The highest BCUT2D eigenvalue weighted by molar-refractivity contribution is 9.10. The predicted molar refractivity (Wildman–Crippen MR) is 58.7 cm³/mol. The molecule has 1 fully saturated rings. The van der Waals surface area contributed by atoms with Crippen molar-refractivity contribution >= 4 is 15.9 Å². The number of benzene rings is 1. The van der Waals surface area contributed by atoms with E-state index in [-0.39, 0.29) is 11.6 Å². The fraction of sp³-hybridized carbons (Fsp3) is 0.455. The number of hydrogen-bond acceptors (Lipinski definition) is 1. The standard InChI is InChI=1S/C11H12BrF2N/c12-7-4-5-8(13)10(11(7)14)9-3-1-2-6-15-9/h4-5,9,15H,1-3,6H2. The van der Waals surface area contributed by atoms with Crippen LogP contribution in [-0.2, 0) is 0 Å². The molecule has 2 rings (SSSR count). The highest BCUT2D eigenvalue weighted by atomic mass is 79.9. The minimum absolute atomic E-state index is 0.170. The third-order valence-corrected chi connectivity index (χ3v) is 3.35. The molecular formula is C11H12BrF2N. The molecule has 0 bridgehead atoms. The molecule has 0 spiro atoms. The van der Waals surface area contributed by atoms with Crippen LogP contribution in [0.2, 0.25) is 0 Å². The van der Waals surface area contributed by atoms with Crippen molar-refractivity contribution in [3.05, 3.63) is 33.8 Å². The maximum absolute atomic E-state index is 13.7. The second kappa shape index (κ2) is 4.58. The highest BCUT2D eigenvalue weighted by Crippen LogP contribution is 2.30. The van der Waals surface area contributed by atoms with E-state index in [1.807, 2.05) is 0 Å². The fourth-order valence-corrected chi connectivity index (χ4v) is 2.31. The van der Waals surface area contributed by atoms with Crippen LogP contribution in [0, 0.1) is 11.6 Å². The van der Waals surface area contributed by atoms with Crippen LogP contribution >= 0.6 is 15.9 Å². The normalized spacial score (nSPS) is 21.7. The van der Waals surface area contributed by atoms with Crippen LogP contribution in [0.5, 0.6) is 0 Å². The van der Waals surface area contributed by atoms with Crippen molar-refractivity contribution in [3.63, 3.8) is 0 Å². The van der Waals surface area contributed by atoms with Crippen molar-refractivity contribution in [2.24, 2.45) is 0 Å². The van der Waals surface area contributed by atoms with Gasteiger partial charge in [-0.2, -0.15) is 0 Å². The zero-order valence-corrected chi connectivity index (χ0v) is 9.78. The first-order valence-electron chi connectivity index (χ1n) is 5.07. The van der Waals surface area contributed by atoms with E-state index in [1.54, 1.807) is 0 Å². The molecule has 0 aromatic heterocycles. The van der Waals surface area contributed by atoms with Crippen molar-refractivity contribution in [3.8, 4) is 0 Å². The van der Waals surface area contributed by atoms with Gasteiger partial charge in [0.25, 0.3) is 0 Å². The van der Waals surface area contributed by atoms with E-state index in [9.17, 15) is 8.78 Å². The number of nitrogens with one attached hydrogen (secondary N) is 1. The quantitative estimate of drug-likeness (QED) is 0.773. The molecule has 1 atom stereocenters. The third-order valence-electron chi connectivity index (χ3n) is 2.74. The highest BCUT2D eigenvalue weighted by Gasteiger charge is 2.23. The molecule has 0 radical (unpaired) electrons. The van der Waals surface area contributed by atoms with Gasteiger partial charge in [0.15, 0.2) is 0 Å². The average molecular weight is 276 g/mol. The Morgan fingerprint density at radius 2 is 2.07 bits per heavy atom. The zero-order valence-electron chi connectivity index (χ0n) is 8.19. The van der Waals surface area contributed by atoms with Crippen LogP contribution in [0.1, 0.15) is 30.9 Å². The molecule has 0 amide bonds. The van der Waals surface area contributed by atoms with E-state index < -0.39 is 11.6 Å². The van der Waals surface area contributed by atoms with Crippen molar-refractivity contribution in [1.29, 1.82) is 0 Å². The van der Waals surface area contributed by atoms with Crippen molar-refractivity contribution in [2.75, 3.05) is 6.54 Å². The second-order valence-electron chi connectivity index (χ2n) is 3.76. The van der Waals surface area contributed by atoms with E-state index >= 15 is 0 Å². The molecule has 1 N–H and O–H groups in total. The van der Waals surface area contributed by atoms with Crippen LogP contribution in [0.4, 0.5) is 8.78 Å². The Morgan fingerprint density at radius 3 is 2.73 bits per heavy atom. The van der Waals surface area contributed by atoms with Crippen molar-refractivity contribution < 1.29 is 8.78 Å². The largest absolute Gasteiger partial charge is 0.310 e. The van der Waals surface area contributed by atoms with Gasteiger partial charge < -0.3 is 5.32 Å². The Labute approximate surface area is 96.0 Å². The minimum Gasteiger partial charge on any atom is -0.310 e. The summed E-state index contributed by atoms with van der Waals surface area (Å²) in [7, 11) is 0. The van der Waals surface area contributed by atoms with Crippen LogP contribution in [0.15, 0.2) is 16.6 Å². The van der Waals surface area contributed by atoms with Gasteiger partial charge in [-0.25, -0.2) is 8.78 Å². The molecule has 82 valence electrons. The summed E-state index contributed by atoms with van der Waals surface area (Å²) in [5, 5.41) is 3.14. The van der Waals surface area contributed by atoms with Gasteiger partial charge in [-0.3, -0.25) is 0 Å². The molecule has 1 saturated heterocycles. The van der Waals surface area contributed by atoms with Gasteiger partial charge in [-0.05, 0) is 47.4 Å².